The van der Waals surface area contributed by atoms with Crippen LogP contribution in [0.2, 0.25) is 0 Å². The normalized spacial score (nSPS) is 16.1. The minimum atomic E-state index is 0.116. The van der Waals surface area contributed by atoms with Crippen molar-refractivity contribution in [2.45, 2.75) is 13.3 Å². The van der Waals surface area contributed by atoms with Crippen molar-refractivity contribution in [2.24, 2.45) is 0 Å². The number of hydrogen-bond acceptors (Lipinski definition) is 4. The van der Waals surface area contributed by atoms with E-state index in [-0.39, 0.29) is 5.78 Å². The Morgan fingerprint density at radius 1 is 1.73 bits per heavy atom. The van der Waals surface area contributed by atoms with Crippen LogP contribution in [0.25, 0.3) is 0 Å². The van der Waals surface area contributed by atoms with Crippen molar-refractivity contribution in [3.63, 3.8) is 0 Å². The van der Waals surface area contributed by atoms with E-state index >= 15 is 0 Å². The van der Waals surface area contributed by atoms with E-state index in [1.54, 1.807) is 6.08 Å². The summed E-state index contributed by atoms with van der Waals surface area (Å²) in [6, 6.07) is 0. The number of rotatable bonds is 4. The molecule has 4 nitrogen and oxygen atoms in total. The van der Waals surface area contributed by atoms with E-state index in [0.717, 1.165) is 18.8 Å². The van der Waals surface area contributed by atoms with E-state index < -0.39 is 0 Å². The lowest BCUT2D eigenvalue weighted by molar-refractivity contribution is -0.113. The Balaban J connectivity index is 2.17. The Hall–Kier alpha value is -1.03. The summed E-state index contributed by atoms with van der Waals surface area (Å²) in [4.78, 5) is 10.7. The Kier molecular flexibility index (Phi) is 2.92. The van der Waals surface area contributed by atoms with Gasteiger partial charge in [0.15, 0.2) is 5.78 Å². The molecule has 0 unspecified atom stereocenters. The number of nitrogens with one attached hydrogen (secondary N) is 3. The van der Waals surface area contributed by atoms with Gasteiger partial charge in [0, 0.05) is 12.6 Å². The van der Waals surface area contributed by atoms with Gasteiger partial charge in [-0.15, -0.1) is 0 Å². The molecular weight excluding hydrogens is 142 g/mol. The Labute approximate surface area is 66.0 Å². The average molecular weight is 155 g/mol. The maximum Gasteiger partial charge on any atom is 0.178 e. The fraction of sp³-hybridized carbons (Fsp3) is 0.571. The highest BCUT2D eigenvalue weighted by molar-refractivity contribution is 5.94. The standard InChI is InChI=1S/C7H13N3O/c1-2-3-9-10-7-4-6(11)5-8-7/h4,8-10H,2-3,5H2,1H3. The van der Waals surface area contributed by atoms with Crippen LogP contribution in [0, 0.1) is 0 Å². The zero-order valence-electron chi connectivity index (χ0n) is 6.61. The van der Waals surface area contributed by atoms with Crippen molar-refractivity contribution >= 4 is 5.78 Å². The molecule has 1 rings (SSSR count). The van der Waals surface area contributed by atoms with Gasteiger partial charge in [-0.1, -0.05) is 6.92 Å². The van der Waals surface area contributed by atoms with E-state index in [1.165, 1.54) is 0 Å². The van der Waals surface area contributed by atoms with Crippen molar-refractivity contribution < 1.29 is 4.79 Å². The van der Waals surface area contributed by atoms with Gasteiger partial charge in [0.25, 0.3) is 0 Å². The highest BCUT2D eigenvalue weighted by Crippen LogP contribution is 1.91. The minimum Gasteiger partial charge on any atom is -0.363 e. The molecule has 11 heavy (non-hydrogen) atoms. The molecule has 0 aliphatic carbocycles. The summed E-state index contributed by atoms with van der Waals surface area (Å²) in [5.41, 5.74) is 5.86. The molecule has 0 aromatic rings. The second-order valence-corrected chi connectivity index (χ2v) is 2.43. The molecular formula is C7H13N3O. The summed E-state index contributed by atoms with van der Waals surface area (Å²) in [6.07, 6.45) is 2.62. The Bertz CT molecular complexity index is 177. The van der Waals surface area contributed by atoms with Crippen LogP contribution in [0.3, 0.4) is 0 Å². The third kappa shape index (κ3) is 2.59. The first-order valence-electron chi connectivity index (χ1n) is 3.80. The maximum absolute atomic E-state index is 10.7. The molecule has 1 aliphatic rings. The molecule has 0 radical (unpaired) electrons. The van der Waals surface area contributed by atoms with Crippen LogP contribution in [0.1, 0.15) is 13.3 Å². The van der Waals surface area contributed by atoms with Crippen molar-refractivity contribution in [1.82, 2.24) is 16.2 Å². The molecule has 1 aliphatic heterocycles. The first kappa shape index (κ1) is 8.07. The van der Waals surface area contributed by atoms with E-state index in [4.69, 9.17) is 0 Å². The molecule has 0 aromatic carbocycles. The molecule has 1 heterocycles. The topological polar surface area (TPSA) is 53.2 Å². The first-order valence-corrected chi connectivity index (χ1v) is 3.80. The molecule has 62 valence electrons. The van der Waals surface area contributed by atoms with Gasteiger partial charge >= 0.3 is 0 Å². The van der Waals surface area contributed by atoms with Crippen LogP contribution in [-0.2, 0) is 4.79 Å². The van der Waals surface area contributed by atoms with Gasteiger partial charge < -0.3 is 10.7 Å². The fourth-order valence-corrected chi connectivity index (χ4v) is 0.808. The van der Waals surface area contributed by atoms with E-state index in [2.05, 4.69) is 23.1 Å². The zero-order chi connectivity index (χ0) is 8.10. The summed E-state index contributed by atoms with van der Waals surface area (Å²) in [5, 5.41) is 2.90. The highest BCUT2D eigenvalue weighted by atomic mass is 16.1. The van der Waals surface area contributed by atoms with E-state index in [9.17, 15) is 4.79 Å². The van der Waals surface area contributed by atoms with Gasteiger partial charge in [-0.05, 0) is 6.42 Å². The summed E-state index contributed by atoms with van der Waals surface area (Å²) >= 11 is 0. The lowest BCUT2D eigenvalue weighted by atomic mass is 10.4. The SMILES string of the molecule is CCCNNC1=CC(=O)CN1. The predicted octanol–water partition coefficient (Wildman–Crippen LogP) is -0.496. The third-order valence-corrected chi connectivity index (χ3v) is 1.36. The average Bonchev–Trinajstić information content (AvgIpc) is 2.37. The van der Waals surface area contributed by atoms with Gasteiger partial charge in [0.05, 0.1) is 6.54 Å². The number of hydrogen-bond donors (Lipinski definition) is 3. The molecule has 0 spiro atoms. The van der Waals surface area contributed by atoms with Crippen LogP contribution < -0.4 is 16.2 Å². The highest BCUT2D eigenvalue weighted by Gasteiger charge is 2.08. The molecule has 0 saturated carbocycles. The summed E-state index contributed by atoms with van der Waals surface area (Å²) in [7, 11) is 0. The smallest absolute Gasteiger partial charge is 0.178 e. The monoisotopic (exact) mass is 155 g/mol. The predicted molar refractivity (Wildman–Crippen MR) is 42.5 cm³/mol. The van der Waals surface area contributed by atoms with Crippen molar-refractivity contribution in [2.75, 3.05) is 13.1 Å². The summed E-state index contributed by atoms with van der Waals surface area (Å²) < 4.78 is 0. The van der Waals surface area contributed by atoms with Crippen LogP contribution in [0.5, 0.6) is 0 Å². The Morgan fingerprint density at radius 2 is 2.55 bits per heavy atom. The van der Waals surface area contributed by atoms with Crippen LogP contribution >= 0.6 is 0 Å². The molecule has 3 N–H and O–H groups in total. The summed E-state index contributed by atoms with van der Waals surface area (Å²) in [6.45, 7) is 3.39. The molecule has 0 bridgehead atoms. The second-order valence-electron chi connectivity index (χ2n) is 2.43. The molecule has 0 atom stereocenters. The van der Waals surface area contributed by atoms with Crippen molar-refractivity contribution in [3.05, 3.63) is 11.9 Å². The molecule has 0 amide bonds. The number of hydrazine groups is 1. The number of ketones is 1. The fourth-order valence-electron chi connectivity index (χ4n) is 0.808. The largest absolute Gasteiger partial charge is 0.363 e. The van der Waals surface area contributed by atoms with Gasteiger partial charge in [0.2, 0.25) is 0 Å². The maximum atomic E-state index is 10.7. The quantitative estimate of drug-likeness (QED) is 0.378. The molecule has 4 heteroatoms. The minimum absolute atomic E-state index is 0.116. The zero-order valence-corrected chi connectivity index (χ0v) is 6.61. The Morgan fingerprint density at radius 3 is 3.09 bits per heavy atom. The summed E-state index contributed by atoms with van der Waals surface area (Å²) in [5.74, 6) is 0.884. The van der Waals surface area contributed by atoms with Gasteiger partial charge in [-0.3, -0.25) is 4.79 Å². The van der Waals surface area contributed by atoms with Gasteiger partial charge in [-0.2, -0.15) is 0 Å². The third-order valence-electron chi connectivity index (χ3n) is 1.36. The first-order chi connectivity index (χ1) is 5.33. The van der Waals surface area contributed by atoms with Gasteiger partial charge in [-0.25, -0.2) is 5.43 Å². The van der Waals surface area contributed by atoms with E-state index in [0.29, 0.717) is 6.54 Å². The molecule has 0 fully saturated rings. The molecule has 0 saturated heterocycles. The second kappa shape index (κ2) is 3.98. The van der Waals surface area contributed by atoms with Crippen LogP contribution in [0.4, 0.5) is 0 Å². The van der Waals surface area contributed by atoms with Crippen LogP contribution in [0.15, 0.2) is 11.9 Å². The lowest BCUT2D eigenvalue weighted by Gasteiger charge is -2.07. The van der Waals surface area contributed by atoms with Crippen molar-refractivity contribution in [1.29, 1.82) is 0 Å². The number of carbonyl (C=O) groups excluding carboxylic acids is 1. The van der Waals surface area contributed by atoms with E-state index in [1.807, 2.05) is 0 Å². The molecule has 0 aromatic heterocycles. The van der Waals surface area contributed by atoms with Crippen molar-refractivity contribution in [3.8, 4) is 0 Å². The van der Waals surface area contributed by atoms with Gasteiger partial charge in [0.1, 0.15) is 5.82 Å². The lowest BCUT2D eigenvalue weighted by Crippen LogP contribution is -2.35. The number of carbonyl (C=O) groups is 1. The van der Waals surface area contributed by atoms with Crippen LogP contribution in [-0.4, -0.2) is 18.9 Å².